The van der Waals surface area contributed by atoms with Crippen LogP contribution in [0.4, 0.5) is 14.5 Å². The predicted octanol–water partition coefficient (Wildman–Crippen LogP) is 3.08. The monoisotopic (exact) mass is 272 g/mol. The van der Waals surface area contributed by atoms with Gasteiger partial charge in [-0.1, -0.05) is 26.1 Å². The van der Waals surface area contributed by atoms with Gasteiger partial charge in [0.15, 0.2) is 0 Å². The smallest absolute Gasteiger partial charge is 0.150 e. The summed E-state index contributed by atoms with van der Waals surface area (Å²) in [5.74, 6) is -1.01. The maximum absolute atomic E-state index is 13.9. The number of benzene rings is 1. The molecule has 1 atom stereocenters. The Morgan fingerprint density at radius 1 is 1.22 bits per heavy atom. The quantitative estimate of drug-likeness (QED) is 0.854. The zero-order valence-corrected chi connectivity index (χ0v) is 11.8. The summed E-state index contributed by atoms with van der Waals surface area (Å²) in [7, 11) is 1.67. The van der Waals surface area contributed by atoms with Crippen molar-refractivity contribution in [2.75, 3.05) is 11.9 Å². The summed E-state index contributed by atoms with van der Waals surface area (Å²) in [4.78, 5) is 1.58. The highest BCUT2D eigenvalue weighted by Gasteiger charge is 2.21. The van der Waals surface area contributed by atoms with Crippen molar-refractivity contribution in [1.82, 2.24) is 0 Å². The first-order valence-electron chi connectivity index (χ1n) is 5.77. The van der Waals surface area contributed by atoms with E-state index in [0.717, 1.165) is 0 Å². The maximum Gasteiger partial charge on any atom is 0.150 e. The molecule has 0 amide bonds. The van der Waals surface area contributed by atoms with Gasteiger partial charge in [0.25, 0.3) is 0 Å². The number of hydrogen-bond acceptors (Lipinski definition) is 2. The minimum atomic E-state index is -0.646. The van der Waals surface area contributed by atoms with E-state index >= 15 is 0 Å². The molecule has 5 heteroatoms. The van der Waals surface area contributed by atoms with Gasteiger partial charge >= 0.3 is 0 Å². The van der Waals surface area contributed by atoms with E-state index in [1.54, 1.807) is 11.9 Å². The summed E-state index contributed by atoms with van der Waals surface area (Å²) < 4.78 is 27.9. The Morgan fingerprint density at radius 2 is 1.67 bits per heavy atom. The number of anilines is 1. The lowest BCUT2D eigenvalue weighted by Crippen LogP contribution is -2.34. The zero-order chi connectivity index (χ0) is 14.0. The fourth-order valence-corrected chi connectivity index (χ4v) is 1.81. The van der Waals surface area contributed by atoms with E-state index in [-0.39, 0.29) is 28.2 Å². The molecule has 1 rings (SSSR count). The lowest BCUT2D eigenvalue weighted by molar-refractivity contribution is 0.486. The first kappa shape index (κ1) is 14.8. The molecule has 0 aliphatic rings. The largest absolute Gasteiger partial charge is 0.389 e. The predicted molar refractivity (Wildman–Crippen MR) is 74.9 cm³/mol. The van der Waals surface area contributed by atoms with Crippen LogP contribution in [0, 0.1) is 17.6 Å². The highest BCUT2D eigenvalue weighted by Crippen LogP contribution is 2.27. The van der Waals surface area contributed by atoms with Crippen LogP contribution >= 0.6 is 12.2 Å². The van der Waals surface area contributed by atoms with Crippen LogP contribution in [-0.2, 0) is 0 Å². The highest BCUT2D eigenvalue weighted by molar-refractivity contribution is 7.80. The molecule has 0 heterocycles. The van der Waals surface area contributed by atoms with Crippen molar-refractivity contribution in [3.8, 4) is 0 Å². The number of halogens is 2. The van der Waals surface area contributed by atoms with Gasteiger partial charge in [-0.05, 0) is 25.0 Å². The molecule has 2 nitrogen and oxygen atoms in total. The van der Waals surface area contributed by atoms with Crippen LogP contribution in [0.5, 0.6) is 0 Å². The summed E-state index contributed by atoms with van der Waals surface area (Å²) in [5.41, 5.74) is 5.53. The molecule has 1 aromatic rings. The third-order valence-electron chi connectivity index (χ3n) is 3.23. The second-order valence-corrected chi connectivity index (χ2v) is 5.19. The fourth-order valence-electron chi connectivity index (χ4n) is 1.70. The molecule has 2 N–H and O–H groups in total. The minimum Gasteiger partial charge on any atom is -0.389 e. The molecule has 18 heavy (non-hydrogen) atoms. The van der Waals surface area contributed by atoms with Gasteiger partial charge in [-0.2, -0.15) is 0 Å². The number of nitrogens with zero attached hydrogens (tertiary/aromatic N) is 1. The molecule has 0 aliphatic heterocycles. The number of hydrogen-bond donors (Lipinski definition) is 1. The minimum absolute atomic E-state index is 0.0149. The van der Waals surface area contributed by atoms with Crippen molar-refractivity contribution in [2.24, 2.45) is 11.7 Å². The maximum atomic E-state index is 13.9. The van der Waals surface area contributed by atoms with Crippen LogP contribution in [0.25, 0.3) is 0 Å². The first-order valence-corrected chi connectivity index (χ1v) is 6.18. The second-order valence-electron chi connectivity index (χ2n) is 4.75. The van der Waals surface area contributed by atoms with E-state index in [4.69, 9.17) is 18.0 Å². The van der Waals surface area contributed by atoms with E-state index < -0.39 is 11.6 Å². The Labute approximate surface area is 112 Å². The van der Waals surface area contributed by atoms with Gasteiger partial charge in [0.1, 0.15) is 22.3 Å². The third kappa shape index (κ3) is 2.96. The topological polar surface area (TPSA) is 29.3 Å². The van der Waals surface area contributed by atoms with Gasteiger partial charge < -0.3 is 10.6 Å². The average Bonchev–Trinajstić information content (AvgIpc) is 2.26. The third-order valence-corrected chi connectivity index (χ3v) is 3.47. The lowest BCUT2D eigenvalue weighted by atomic mass is 10.0. The summed E-state index contributed by atoms with van der Waals surface area (Å²) >= 11 is 4.71. The Kier molecular flexibility index (Phi) is 4.62. The summed E-state index contributed by atoms with van der Waals surface area (Å²) in [6.07, 6.45) is 0. The van der Waals surface area contributed by atoms with E-state index in [9.17, 15) is 8.78 Å². The Hall–Kier alpha value is -1.23. The second kappa shape index (κ2) is 5.61. The molecule has 0 radical (unpaired) electrons. The molecular weight excluding hydrogens is 254 g/mol. The van der Waals surface area contributed by atoms with Crippen molar-refractivity contribution < 1.29 is 8.78 Å². The van der Waals surface area contributed by atoms with Crippen molar-refractivity contribution in [2.45, 2.75) is 26.8 Å². The van der Waals surface area contributed by atoms with Crippen LogP contribution < -0.4 is 10.6 Å². The number of thiocarbonyl (C=S) groups is 1. The Balaban J connectivity index is 3.22. The molecule has 0 aromatic heterocycles. The van der Waals surface area contributed by atoms with Crippen molar-refractivity contribution in [3.05, 3.63) is 29.3 Å². The molecule has 0 spiro atoms. The zero-order valence-electron chi connectivity index (χ0n) is 11.0. The molecule has 0 saturated carbocycles. The summed E-state index contributed by atoms with van der Waals surface area (Å²) in [6, 6.07) is 2.36. The summed E-state index contributed by atoms with van der Waals surface area (Å²) in [5, 5.41) is 0. The van der Waals surface area contributed by atoms with Crippen LogP contribution in [0.2, 0.25) is 0 Å². The van der Waals surface area contributed by atoms with Gasteiger partial charge in [0.05, 0.1) is 0 Å². The van der Waals surface area contributed by atoms with Gasteiger partial charge in [-0.3, -0.25) is 0 Å². The van der Waals surface area contributed by atoms with Gasteiger partial charge in [0.2, 0.25) is 0 Å². The van der Waals surface area contributed by atoms with Gasteiger partial charge in [-0.25, -0.2) is 8.78 Å². The molecule has 0 aliphatic carbocycles. The number of nitrogens with two attached hydrogens (primary N) is 1. The van der Waals surface area contributed by atoms with Crippen molar-refractivity contribution in [1.29, 1.82) is 0 Å². The first-order chi connectivity index (χ1) is 8.25. The van der Waals surface area contributed by atoms with E-state index in [1.807, 2.05) is 20.8 Å². The van der Waals surface area contributed by atoms with E-state index in [2.05, 4.69) is 0 Å². The molecule has 1 unspecified atom stereocenters. The Morgan fingerprint density at radius 3 is 2.00 bits per heavy atom. The van der Waals surface area contributed by atoms with Crippen LogP contribution in [0.1, 0.15) is 26.3 Å². The van der Waals surface area contributed by atoms with Gasteiger partial charge in [-0.15, -0.1) is 0 Å². The molecule has 100 valence electrons. The number of rotatable bonds is 4. The summed E-state index contributed by atoms with van der Waals surface area (Å²) in [6.45, 7) is 5.92. The highest BCUT2D eigenvalue weighted by atomic mass is 32.1. The standard InChI is InChI=1S/C13H18F2N2S/c1-7(2)8(3)17(4)12-10(14)5-9(13(16)18)6-11(12)15/h5-8H,1-4H3,(H2,16,18). The normalized spacial score (nSPS) is 12.6. The molecular formula is C13H18F2N2S. The van der Waals surface area contributed by atoms with Crippen LogP contribution in [0.3, 0.4) is 0 Å². The van der Waals surface area contributed by atoms with Crippen LogP contribution in [0.15, 0.2) is 12.1 Å². The SMILES string of the molecule is CC(C)C(C)N(C)c1c(F)cc(C(N)=S)cc1F. The van der Waals surface area contributed by atoms with Crippen molar-refractivity contribution >= 4 is 22.9 Å². The molecule has 0 fully saturated rings. The van der Waals surface area contributed by atoms with Crippen LogP contribution in [-0.4, -0.2) is 18.1 Å². The van der Waals surface area contributed by atoms with E-state index in [1.165, 1.54) is 12.1 Å². The van der Waals surface area contributed by atoms with Crippen molar-refractivity contribution in [3.63, 3.8) is 0 Å². The van der Waals surface area contributed by atoms with E-state index in [0.29, 0.717) is 0 Å². The molecule has 0 saturated heterocycles. The fraction of sp³-hybridized carbons (Fsp3) is 0.462. The molecule has 0 bridgehead atoms. The lowest BCUT2D eigenvalue weighted by Gasteiger charge is -2.30. The average molecular weight is 272 g/mol. The van der Waals surface area contributed by atoms with Gasteiger partial charge in [0, 0.05) is 18.7 Å². The Bertz CT molecular complexity index is 437. The molecule has 1 aromatic carbocycles.